The molecule has 2 rings (SSSR count). The van der Waals surface area contributed by atoms with Gasteiger partial charge in [-0.15, -0.1) is 11.3 Å². The van der Waals surface area contributed by atoms with Gasteiger partial charge in [0.25, 0.3) is 0 Å². The molecule has 1 aromatic heterocycles. The molecule has 0 N–H and O–H groups in total. The lowest BCUT2D eigenvalue weighted by molar-refractivity contribution is 0.175. The molecule has 104 valence electrons. The lowest BCUT2D eigenvalue weighted by Gasteiger charge is -2.36. The Labute approximate surface area is 120 Å². The van der Waals surface area contributed by atoms with Crippen molar-refractivity contribution in [2.45, 2.75) is 59.8 Å². The van der Waals surface area contributed by atoms with Gasteiger partial charge in [-0.1, -0.05) is 13.8 Å². The molecule has 0 atom stereocenters. The van der Waals surface area contributed by atoms with Crippen molar-refractivity contribution >= 4 is 11.3 Å². The topological polar surface area (TPSA) is 36.7 Å². The molecule has 0 aromatic carbocycles. The van der Waals surface area contributed by atoms with Gasteiger partial charge in [-0.05, 0) is 51.4 Å². The predicted molar refractivity (Wildman–Crippen MR) is 80.1 cm³/mol. The number of rotatable bonds is 3. The Morgan fingerprint density at radius 2 is 2.00 bits per heavy atom. The highest BCUT2D eigenvalue weighted by molar-refractivity contribution is 7.11. The summed E-state index contributed by atoms with van der Waals surface area (Å²) in [6.45, 7) is 8.78. The Morgan fingerprint density at radius 1 is 1.37 bits per heavy atom. The minimum Gasteiger partial charge on any atom is -0.246 e. The van der Waals surface area contributed by atoms with Gasteiger partial charge in [0.2, 0.25) is 0 Å². The zero-order chi connectivity index (χ0) is 14.0. The van der Waals surface area contributed by atoms with Crippen LogP contribution in [0.15, 0.2) is 0 Å². The second-order valence-electron chi connectivity index (χ2n) is 6.40. The van der Waals surface area contributed by atoms with Crippen LogP contribution in [0.4, 0.5) is 0 Å². The Balaban J connectivity index is 2.07. The zero-order valence-electron chi connectivity index (χ0n) is 12.5. The zero-order valence-corrected chi connectivity index (χ0v) is 13.3. The van der Waals surface area contributed by atoms with Crippen LogP contribution in [-0.4, -0.2) is 4.98 Å². The van der Waals surface area contributed by atoms with Crippen molar-refractivity contribution in [2.24, 2.45) is 17.3 Å². The van der Waals surface area contributed by atoms with Crippen molar-refractivity contribution in [1.82, 2.24) is 4.98 Å². The van der Waals surface area contributed by atoms with Crippen LogP contribution in [0.25, 0.3) is 0 Å². The quantitative estimate of drug-likeness (QED) is 0.805. The van der Waals surface area contributed by atoms with Crippen LogP contribution in [0.1, 0.15) is 55.1 Å². The van der Waals surface area contributed by atoms with Gasteiger partial charge >= 0.3 is 0 Å². The fourth-order valence-electron chi connectivity index (χ4n) is 3.09. The average molecular weight is 276 g/mol. The molecule has 2 nitrogen and oxygen atoms in total. The highest BCUT2D eigenvalue weighted by Crippen LogP contribution is 2.43. The van der Waals surface area contributed by atoms with Gasteiger partial charge < -0.3 is 0 Å². The Bertz CT molecular complexity index is 454. The fourth-order valence-corrected chi connectivity index (χ4v) is 4.17. The third-order valence-electron chi connectivity index (χ3n) is 4.73. The predicted octanol–water partition coefficient (Wildman–Crippen LogP) is 4.66. The van der Waals surface area contributed by atoms with Crippen LogP contribution in [0.3, 0.4) is 0 Å². The van der Waals surface area contributed by atoms with Crippen LogP contribution in [0, 0.1) is 42.4 Å². The maximum absolute atomic E-state index is 9.63. The van der Waals surface area contributed by atoms with Crippen molar-refractivity contribution < 1.29 is 0 Å². The van der Waals surface area contributed by atoms with E-state index in [4.69, 9.17) is 0 Å². The molecule has 1 saturated carbocycles. The third-order valence-corrected chi connectivity index (χ3v) is 5.80. The average Bonchev–Trinajstić information content (AvgIpc) is 2.68. The second kappa shape index (κ2) is 5.63. The number of aryl methyl sites for hydroxylation is 2. The first-order valence-corrected chi connectivity index (χ1v) is 8.11. The summed E-state index contributed by atoms with van der Waals surface area (Å²) in [6, 6.07) is 2.62. The van der Waals surface area contributed by atoms with Crippen molar-refractivity contribution in [2.75, 3.05) is 0 Å². The second-order valence-corrected chi connectivity index (χ2v) is 7.69. The van der Waals surface area contributed by atoms with E-state index in [9.17, 15) is 5.26 Å². The summed E-state index contributed by atoms with van der Waals surface area (Å²) < 4.78 is 0. The summed E-state index contributed by atoms with van der Waals surface area (Å²) >= 11 is 1.77. The molecule has 0 aliphatic heterocycles. The molecule has 3 heteroatoms. The highest BCUT2D eigenvalue weighted by atomic mass is 32.1. The molecule has 1 aliphatic carbocycles. The van der Waals surface area contributed by atoms with Crippen molar-refractivity contribution in [3.05, 3.63) is 15.6 Å². The van der Waals surface area contributed by atoms with Crippen LogP contribution in [0.5, 0.6) is 0 Å². The molecule has 0 unspecified atom stereocenters. The molecular weight excluding hydrogens is 252 g/mol. The first kappa shape index (κ1) is 14.5. The molecule has 0 amide bonds. The molecule has 0 saturated heterocycles. The molecule has 1 fully saturated rings. The monoisotopic (exact) mass is 276 g/mol. The molecule has 1 heterocycles. The summed E-state index contributed by atoms with van der Waals surface area (Å²) in [4.78, 5) is 5.91. The van der Waals surface area contributed by atoms with Gasteiger partial charge in [-0.3, -0.25) is 0 Å². The summed E-state index contributed by atoms with van der Waals surface area (Å²) in [5, 5.41) is 10.8. The number of nitrogens with zero attached hydrogens (tertiary/aromatic N) is 2. The molecule has 1 aliphatic rings. The Kier molecular flexibility index (Phi) is 4.30. The smallest absolute Gasteiger partial charge is 0.0946 e. The van der Waals surface area contributed by atoms with Gasteiger partial charge in [0.05, 0.1) is 22.2 Å². The minimum absolute atomic E-state index is 0.151. The largest absolute Gasteiger partial charge is 0.246 e. The summed E-state index contributed by atoms with van der Waals surface area (Å²) in [7, 11) is 0. The van der Waals surface area contributed by atoms with Crippen LogP contribution >= 0.6 is 11.3 Å². The molecular formula is C16H24N2S. The summed E-state index contributed by atoms with van der Waals surface area (Å²) in [5.41, 5.74) is 0.978. The standard InChI is InChI=1S/C16H24N2S/c1-11(2)14-5-7-16(10-17,8-6-14)9-15-18-12(3)13(4)19-15/h11,14H,5-9H2,1-4H3. The normalized spacial score (nSPS) is 27.5. The molecule has 0 spiro atoms. The van der Waals surface area contributed by atoms with Gasteiger partial charge in [-0.25, -0.2) is 4.98 Å². The van der Waals surface area contributed by atoms with Crippen molar-refractivity contribution in [3.8, 4) is 6.07 Å². The maximum atomic E-state index is 9.63. The van der Waals surface area contributed by atoms with E-state index in [2.05, 4.69) is 38.7 Å². The third kappa shape index (κ3) is 3.17. The molecule has 19 heavy (non-hydrogen) atoms. The molecule has 0 bridgehead atoms. The lowest BCUT2D eigenvalue weighted by atomic mass is 9.67. The van der Waals surface area contributed by atoms with Crippen molar-refractivity contribution in [3.63, 3.8) is 0 Å². The first-order valence-electron chi connectivity index (χ1n) is 7.30. The SMILES string of the molecule is Cc1nc(CC2(C#N)CCC(C(C)C)CC2)sc1C. The lowest BCUT2D eigenvalue weighted by Crippen LogP contribution is -2.30. The van der Waals surface area contributed by atoms with E-state index >= 15 is 0 Å². The minimum atomic E-state index is -0.151. The van der Waals surface area contributed by atoms with Gasteiger partial charge in [-0.2, -0.15) is 5.26 Å². The van der Waals surface area contributed by atoms with E-state index in [1.165, 1.54) is 17.7 Å². The van der Waals surface area contributed by atoms with Gasteiger partial charge in [0.15, 0.2) is 0 Å². The van der Waals surface area contributed by atoms with Gasteiger partial charge in [0.1, 0.15) is 0 Å². The summed E-state index contributed by atoms with van der Waals surface area (Å²) in [6.07, 6.45) is 5.35. The number of hydrogen-bond acceptors (Lipinski definition) is 3. The van der Waals surface area contributed by atoms with Crippen LogP contribution in [-0.2, 0) is 6.42 Å². The number of thiazole rings is 1. The van der Waals surface area contributed by atoms with Crippen LogP contribution in [0.2, 0.25) is 0 Å². The van der Waals surface area contributed by atoms with E-state index < -0.39 is 0 Å². The van der Waals surface area contributed by atoms with E-state index in [0.29, 0.717) is 0 Å². The van der Waals surface area contributed by atoms with E-state index in [0.717, 1.165) is 41.8 Å². The Hall–Kier alpha value is -0.880. The first-order chi connectivity index (χ1) is 8.96. The van der Waals surface area contributed by atoms with Gasteiger partial charge in [0, 0.05) is 11.3 Å². The number of hydrogen-bond donors (Lipinski definition) is 0. The van der Waals surface area contributed by atoms with Crippen molar-refractivity contribution in [1.29, 1.82) is 5.26 Å². The number of nitriles is 1. The number of aromatic nitrogens is 1. The van der Waals surface area contributed by atoms with Crippen LogP contribution < -0.4 is 0 Å². The van der Waals surface area contributed by atoms with E-state index in [-0.39, 0.29) is 5.41 Å². The fraction of sp³-hybridized carbons (Fsp3) is 0.750. The highest BCUT2D eigenvalue weighted by Gasteiger charge is 2.37. The van der Waals surface area contributed by atoms with E-state index in [1.807, 2.05) is 0 Å². The molecule has 0 radical (unpaired) electrons. The summed E-state index contributed by atoms with van der Waals surface area (Å²) in [5.74, 6) is 1.56. The van der Waals surface area contributed by atoms with E-state index in [1.54, 1.807) is 11.3 Å². The maximum Gasteiger partial charge on any atom is 0.0946 e. The Morgan fingerprint density at radius 3 is 2.42 bits per heavy atom. The molecule has 1 aromatic rings.